The molecule has 16 heavy (non-hydrogen) atoms. The highest BCUT2D eigenvalue weighted by Crippen LogP contribution is 2.18. The van der Waals surface area contributed by atoms with Crippen LogP contribution in [-0.4, -0.2) is 23.8 Å². The summed E-state index contributed by atoms with van der Waals surface area (Å²) < 4.78 is 5.48. The number of Topliss-reactive ketones (excluding diaryl/α,β-unsaturated/α-hetero) is 1. The van der Waals surface area contributed by atoms with Crippen molar-refractivity contribution in [2.75, 3.05) is 6.61 Å². The van der Waals surface area contributed by atoms with E-state index in [0.717, 1.165) is 19.1 Å². The van der Waals surface area contributed by atoms with Gasteiger partial charge in [0.15, 0.2) is 0 Å². The molecule has 1 rings (SSSR count). The summed E-state index contributed by atoms with van der Waals surface area (Å²) in [7, 11) is 0. The Morgan fingerprint density at radius 3 is 2.94 bits per heavy atom. The van der Waals surface area contributed by atoms with Crippen LogP contribution < -0.4 is 4.74 Å². The molecule has 0 spiro atoms. The average Bonchev–Trinajstić information content (AvgIpc) is 2.30. The van der Waals surface area contributed by atoms with E-state index in [4.69, 9.17) is 9.94 Å². The Morgan fingerprint density at radius 2 is 2.25 bits per heavy atom. The van der Waals surface area contributed by atoms with Crippen LogP contribution in [-0.2, 0) is 0 Å². The van der Waals surface area contributed by atoms with E-state index in [0.29, 0.717) is 17.9 Å². The van der Waals surface area contributed by atoms with E-state index in [1.54, 1.807) is 24.3 Å². The number of ketones is 1. The number of nitrogens with zero attached hydrogens (tertiary/aromatic N) is 1. The van der Waals surface area contributed by atoms with Crippen molar-refractivity contribution in [2.24, 2.45) is 5.16 Å². The number of hydrogen-bond acceptors (Lipinski definition) is 4. The first-order valence-electron chi connectivity index (χ1n) is 5.23. The lowest BCUT2D eigenvalue weighted by molar-refractivity contribution is 0.106. The van der Waals surface area contributed by atoms with Gasteiger partial charge in [-0.3, -0.25) is 4.79 Å². The zero-order chi connectivity index (χ0) is 11.8. The highest BCUT2D eigenvalue weighted by molar-refractivity contribution is 6.36. The number of ether oxygens (including phenoxy) is 1. The zero-order valence-electron chi connectivity index (χ0n) is 9.22. The molecule has 0 aliphatic carbocycles. The van der Waals surface area contributed by atoms with Gasteiger partial charge in [-0.1, -0.05) is 30.6 Å². The Labute approximate surface area is 94.5 Å². The first-order chi connectivity index (χ1) is 7.79. The largest absolute Gasteiger partial charge is 0.493 e. The Kier molecular flexibility index (Phi) is 5.05. The quantitative estimate of drug-likeness (QED) is 0.264. The molecule has 0 heterocycles. The van der Waals surface area contributed by atoms with E-state index in [2.05, 4.69) is 12.1 Å². The minimum absolute atomic E-state index is 0.366. The van der Waals surface area contributed by atoms with Crippen molar-refractivity contribution in [2.45, 2.75) is 19.8 Å². The standard InChI is InChI=1S/C12H15NO3/c1-2-3-8-16-12-7-5-4-6-10(12)11(14)9-13-15/h4-7,9,15H,2-3,8H2,1H3. The van der Waals surface area contributed by atoms with Crippen molar-refractivity contribution in [3.63, 3.8) is 0 Å². The van der Waals surface area contributed by atoms with E-state index in [-0.39, 0.29) is 5.78 Å². The second-order valence-corrected chi connectivity index (χ2v) is 3.31. The lowest BCUT2D eigenvalue weighted by atomic mass is 10.1. The predicted octanol–water partition coefficient (Wildman–Crippen LogP) is 2.51. The molecule has 0 aliphatic heterocycles. The Bertz CT molecular complexity index is 374. The molecule has 86 valence electrons. The molecule has 0 fully saturated rings. The normalized spacial score (nSPS) is 10.6. The van der Waals surface area contributed by atoms with Gasteiger partial charge >= 0.3 is 0 Å². The second-order valence-electron chi connectivity index (χ2n) is 3.31. The number of rotatable bonds is 6. The number of carbonyl (C=O) groups excluding carboxylic acids is 1. The minimum Gasteiger partial charge on any atom is -0.493 e. The van der Waals surface area contributed by atoms with Gasteiger partial charge in [0, 0.05) is 0 Å². The smallest absolute Gasteiger partial charge is 0.211 e. The van der Waals surface area contributed by atoms with E-state index < -0.39 is 0 Å². The van der Waals surface area contributed by atoms with Crippen molar-refractivity contribution >= 4 is 12.0 Å². The van der Waals surface area contributed by atoms with Gasteiger partial charge in [0.2, 0.25) is 5.78 Å². The molecule has 0 aromatic heterocycles. The van der Waals surface area contributed by atoms with Crippen molar-refractivity contribution in [3.8, 4) is 5.75 Å². The van der Waals surface area contributed by atoms with E-state index in [1.807, 2.05) is 0 Å². The van der Waals surface area contributed by atoms with Gasteiger partial charge in [0.1, 0.15) is 12.0 Å². The lowest BCUT2D eigenvalue weighted by Gasteiger charge is -2.08. The molecule has 0 bridgehead atoms. The maximum Gasteiger partial charge on any atom is 0.211 e. The molecular weight excluding hydrogens is 206 g/mol. The van der Waals surface area contributed by atoms with E-state index in [1.165, 1.54) is 0 Å². The molecule has 4 nitrogen and oxygen atoms in total. The fourth-order valence-corrected chi connectivity index (χ4v) is 1.24. The minimum atomic E-state index is -0.366. The van der Waals surface area contributed by atoms with Gasteiger partial charge in [-0.25, -0.2) is 0 Å². The molecule has 1 N–H and O–H groups in total. The summed E-state index contributed by atoms with van der Waals surface area (Å²) >= 11 is 0. The highest BCUT2D eigenvalue weighted by atomic mass is 16.5. The summed E-state index contributed by atoms with van der Waals surface area (Å²) in [4.78, 5) is 11.5. The molecule has 0 unspecified atom stereocenters. The molecule has 0 radical (unpaired) electrons. The third-order valence-corrected chi connectivity index (χ3v) is 2.08. The Balaban J connectivity index is 2.79. The van der Waals surface area contributed by atoms with Crippen molar-refractivity contribution < 1.29 is 14.7 Å². The van der Waals surface area contributed by atoms with E-state index >= 15 is 0 Å². The van der Waals surface area contributed by atoms with Gasteiger partial charge in [0.25, 0.3) is 0 Å². The van der Waals surface area contributed by atoms with Crippen LogP contribution >= 0.6 is 0 Å². The van der Waals surface area contributed by atoms with Crippen LogP contribution in [0.4, 0.5) is 0 Å². The first kappa shape index (κ1) is 12.2. The molecule has 4 heteroatoms. The van der Waals surface area contributed by atoms with Gasteiger partial charge < -0.3 is 9.94 Å². The first-order valence-corrected chi connectivity index (χ1v) is 5.23. The lowest BCUT2D eigenvalue weighted by Crippen LogP contribution is -2.05. The SMILES string of the molecule is CCCCOc1ccccc1C(=O)C=NO. The van der Waals surface area contributed by atoms with Gasteiger partial charge in [-0.2, -0.15) is 0 Å². The van der Waals surface area contributed by atoms with Crippen molar-refractivity contribution in [3.05, 3.63) is 29.8 Å². The average molecular weight is 221 g/mol. The summed E-state index contributed by atoms with van der Waals surface area (Å²) in [5, 5.41) is 11.0. The molecule has 0 saturated heterocycles. The highest BCUT2D eigenvalue weighted by Gasteiger charge is 2.09. The molecule has 1 aromatic carbocycles. The Hall–Kier alpha value is -1.84. The Morgan fingerprint density at radius 1 is 1.50 bits per heavy atom. The summed E-state index contributed by atoms with van der Waals surface area (Å²) in [6.45, 7) is 2.65. The molecule has 0 aliphatic rings. The molecule has 0 amide bonds. The summed E-state index contributed by atoms with van der Waals surface area (Å²) in [5.74, 6) is 0.162. The summed E-state index contributed by atoms with van der Waals surface area (Å²) in [6.07, 6.45) is 2.84. The third-order valence-electron chi connectivity index (χ3n) is 2.08. The predicted molar refractivity (Wildman–Crippen MR) is 61.5 cm³/mol. The monoisotopic (exact) mass is 221 g/mol. The molecule has 1 aromatic rings. The van der Waals surface area contributed by atoms with Crippen LogP contribution in [0.25, 0.3) is 0 Å². The third kappa shape index (κ3) is 3.38. The van der Waals surface area contributed by atoms with Crippen LogP contribution in [0, 0.1) is 0 Å². The maximum atomic E-state index is 11.5. The van der Waals surface area contributed by atoms with Crippen LogP contribution in [0.2, 0.25) is 0 Å². The zero-order valence-corrected chi connectivity index (χ0v) is 9.22. The van der Waals surface area contributed by atoms with Crippen molar-refractivity contribution in [1.82, 2.24) is 0 Å². The summed E-state index contributed by atoms with van der Waals surface area (Å²) in [6, 6.07) is 6.92. The van der Waals surface area contributed by atoms with Crippen molar-refractivity contribution in [1.29, 1.82) is 0 Å². The number of oxime groups is 1. The maximum absolute atomic E-state index is 11.5. The fraction of sp³-hybridized carbons (Fsp3) is 0.333. The molecule has 0 saturated carbocycles. The van der Waals surface area contributed by atoms with Crippen LogP contribution in [0.15, 0.2) is 29.4 Å². The van der Waals surface area contributed by atoms with Gasteiger partial charge in [0.05, 0.1) is 12.2 Å². The number of para-hydroxylation sites is 1. The van der Waals surface area contributed by atoms with Crippen LogP contribution in [0.1, 0.15) is 30.1 Å². The number of benzene rings is 1. The van der Waals surface area contributed by atoms with E-state index in [9.17, 15) is 4.79 Å². The molecular formula is C12H15NO3. The second kappa shape index (κ2) is 6.61. The number of hydrogen-bond donors (Lipinski definition) is 1. The summed E-state index contributed by atoms with van der Waals surface area (Å²) in [5.41, 5.74) is 0.413. The molecule has 0 atom stereocenters. The van der Waals surface area contributed by atoms with Gasteiger partial charge in [-0.15, -0.1) is 0 Å². The fourth-order valence-electron chi connectivity index (χ4n) is 1.24. The van der Waals surface area contributed by atoms with Gasteiger partial charge in [-0.05, 0) is 18.6 Å². The van der Waals surface area contributed by atoms with Crippen LogP contribution in [0.5, 0.6) is 5.75 Å². The van der Waals surface area contributed by atoms with Crippen LogP contribution in [0.3, 0.4) is 0 Å². The topological polar surface area (TPSA) is 58.9 Å². The number of unbranched alkanes of at least 4 members (excludes halogenated alkanes) is 1. The number of carbonyl (C=O) groups is 1.